The maximum Gasteiger partial charge on any atom is 0.139 e. The summed E-state index contributed by atoms with van der Waals surface area (Å²) in [5.74, 6) is 4.48. The lowest BCUT2D eigenvalue weighted by Crippen LogP contribution is -2.44. The smallest absolute Gasteiger partial charge is 0.139 e. The van der Waals surface area contributed by atoms with Crippen molar-refractivity contribution in [2.75, 3.05) is 52.6 Å². The van der Waals surface area contributed by atoms with E-state index in [2.05, 4.69) is 0 Å². The number of ketones is 1. The first-order valence-electron chi connectivity index (χ1n) is 20.3. The van der Waals surface area contributed by atoms with Gasteiger partial charge in [-0.1, -0.05) is 6.42 Å². The SMILES string of the molecule is NCCCOC1CC(OCCCN)CC(C2CCC3CCC4C(CCCC4C4CC(OCCCN)CC(OCCCN)C4)C(=O)C3C2)C1. The van der Waals surface area contributed by atoms with E-state index in [9.17, 15) is 4.79 Å². The first-order chi connectivity index (χ1) is 23.5. The van der Waals surface area contributed by atoms with Crippen molar-refractivity contribution < 1.29 is 23.7 Å². The Morgan fingerprint density at radius 2 is 0.896 bits per heavy atom. The van der Waals surface area contributed by atoms with Crippen LogP contribution in [0.1, 0.15) is 116 Å². The molecule has 278 valence electrons. The van der Waals surface area contributed by atoms with E-state index in [0.717, 1.165) is 103 Å². The summed E-state index contributed by atoms with van der Waals surface area (Å²) in [6.45, 7) is 5.56. The highest BCUT2D eigenvalue weighted by Gasteiger charge is 2.50. The molecule has 0 heterocycles. The van der Waals surface area contributed by atoms with Gasteiger partial charge in [0, 0.05) is 38.3 Å². The first-order valence-corrected chi connectivity index (χ1v) is 20.3. The topological polar surface area (TPSA) is 158 Å². The molecular weight excluding hydrogens is 604 g/mol. The standard InChI is InChI=1S/C39H72N4O5/c40-12-2-16-45-31-20-29(21-32(25-31)46-17-3-13-41)28-9-8-27-10-11-36-35(6-1-7-37(36)39(44)38(27)24-28)30-22-33(47-18-4-14-42)26-34(23-30)48-19-5-15-43/h27-38H,1-26,40-43H2. The molecule has 9 nitrogen and oxygen atoms in total. The zero-order valence-electron chi connectivity index (χ0n) is 30.2. The highest BCUT2D eigenvalue weighted by atomic mass is 16.5. The van der Waals surface area contributed by atoms with E-state index in [1.807, 2.05) is 0 Å². The van der Waals surface area contributed by atoms with E-state index in [1.165, 1.54) is 38.5 Å². The van der Waals surface area contributed by atoms with Gasteiger partial charge in [0.2, 0.25) is 0 Å². The number of fused-ring (bicyclic) bond motifs is 2. The monoisotopic (exact) mass is 677 g/mol. The Hall–Kier alpha value is -0.650. The third kappa shape index (κ3) is 10.7. The van der Waals surface area contributed by atoms with E-state index in [-0.39, 0.29) is 36.3 Å². The molecule has 0 spiro atoms. The number of hydrogen-bond donors (Lipinski definition) is 4. The molecule has 5 fully saturated rings. The first kappa shape index (κ1) is 38.6. The number of carbonyl (C=O) groups excluding carboxylic acids is 1. The fourth-order valence-corrected chi connectivity index (χ4v) is 10.8. The van der Waals surface area contributed by atoms with Crippen LogP contribution in [0.15, 0.2) is 0 Å². The second kappa shape index (κ2) is 20.4. The molecule has 0 aromatic carbocycles. The molecule has 0 bridgehead atoms. The van der Waals surface area contributed by atoms with Crippen molar-refractivity contribution in [2.24, 2.45) is 70.3 Å². The van der Waals surface area contributed by atoms with Gasteiger partial charge >= 0.3 is 0 Å². The summed E-state index contributed by atoms with van der Waals surface area (Å²) in [5.41, 5.74) is 23.1. The Balaban J connectivity index is 1.24. The molecule has 48 heavy (non-hydrogen) atoms. The highest BCUT2D eigenvalue weighted by molar-refractivity contribution is 5.84. The van der Waals surface area contributed by atoms with Gasteiger partial charge in [0.05, 0.1) is 24.4 Å². The third-order valence-electron chi connectivity index (χ3n) is 13.1. The molecule has 0 aromatic rings. The van der Waals surface area contributed by atoms with Crippen molar-refractivity contribution in [1.82, 2.24) is 0 Å². The number of rotatable bonds is 18. The Labute approximate surface area is 292 Å². The maximum absolute atomic E-state index is 14.7. The molecule has 5 rings (SSSR count). The molecule has 9 heteroatoms. The minimum Gasteiger partial charge on any atom is -0.378 e. The second-order valence-electron chi connectivity index (χ2n) is 16.3. The summed E-state index contributed by atoms with van der Waals surface area (Å²) in [7, 11) is 0. The molecule has 0 amide bonds. The molecule has 0 aromatic heterocycles. The van der Waals surface area contributed by atoms with Gasteiger partial charge in [-0.25, -0.2) is 0 Å². The van der Waals surface area contributed by atoms with Crippen LogP contribution in [0.2, 0.25) is 0 Å². The lowest BCUT2D eigenvalue weighted by Gasteiger charge is -2.46. The van der Waals surface area contributed by atoms with E-state index >= 15 is 0 Å². The average molecular weight is 677 g/mol. The summed E-state index contributed by atoms with van der Waals surface area (Å²) in [5, 5.41) is 0. The van der Waals surface area contributed by atoms with Gasteiger partial charge in [-0.3, -0.25) is 4.79 Å². The molecular formula is C39H72N4O5. The van der Waals surface area contributed by atoms with E-state index < -0.39 is 0 Å². The molecule has 5 aliphatic carbocycles. The molecule has 0 aliphatic heterocycles. The van der Waals surface area contributed by atoms with Crippen LogP contribution in [0.4, 0.5) is 0 Å². The summed E-state index contributed by atoms with van der Waals surface area (Å²) in [4.78, 5) is 14.7. The lowest BCUT2D eigenvalue weighted by molar-refractivity contribution is -0.135. The van der Waals surface area contributed by atoms with Gasteiger partial charge in [0.15, 0.2) is 0 Å². The van der Waals surface area contributed by atoms with Crippen LogP contribution in [0.25, 0.3) is 0 Å². The largest absolute Gasteiger partial charge is 0.378 e. The van der Waals surface area contributed by atoms with Crippen LogP contribution < -0.4 is 22.9 Å². The minimum atomic E-state index is 0.227. The number of ether oxygens (including phenoxy) is 4. The summed E-state index contributed by atoms with van der Waals surface area (Å²) >= 11 is 0. The van der Waals surface area contributed by atoms with Crippen LogP contribution in [0.5, 0.6) is 0 Å². The molecule has 0 radical (unpaired) electrons. The van der Waals surface area contributed by atoms with Gasteiger partial charge in [-0.2, -0.15) is 0 Å². The third-order valence-corrected chi connectivity index (χ3v) is 13.1. The quantitative estimate of drug-likeness (QED) is 0.147. The molecule has 0 saturated heterocycles. The molecule has 8 N–H and O–H groups in total. The number of Topliss-reactive ketones (excluding diaryl/α,β-unsaturated/α-hetero) is 1. The zero-order chi connectivity index (χ0) is 33.7. The maximum atomic E-state index is 14.7. The van der Waals surface area contributed by atoms with Crippen LogP contribution in [0, 0.1) is 47.3 Å². The molecule has 10 atom stereocenters. The van der Waals surface area contributed by atoms with Gasteiger partial charge in [0.1, 0.15) is 5.78 Å². The van der Waals surface area contributed by atoms with Crippen molar-refractivity contribution in [1.29, 1.82) is 0 Å². The predicted molar refractivity (Wildman–Crippen MR) is 191 cm³/mol. The number of hydrogen-bond acceptors (Lipinski definition) is 9. The van der Waals surface area contributed by atoms with E-state index in [0.29, 0.717) is 67.5 Å². The van der Waals surface area contributed by atoms with E-state index in [1.54, 1.807) is 0 Å². The normalized spacial score (nSPS) is 39.0. The van der Waals surface area contributed by atoms with Crippen LogP contribution in [-0.2, 0) is 23.7 Å². The fraction of sp³-hybridized carbons (Fsp3) is 0.974. The zero-order valence-corrected chi connectivity index (χ0v) is 30.2. The Morgan fingerprint density at radius 3 is 1.40 bits per heavy atom. The van der Waals surface area contributed by atoms with Gasteiger partial charge in [-0.15, -0.1) is 0 Å². The Kier molecular flexibility index (Phi) is 16.4. The van der Waals surface area contributed by atoms with Gasteiger partial charge < -0.3 is 41.9 Å². The predicted octanol–water partition coefficient (Wildman–Crippen LogP) is 4.95. The number of carbonyl (C=O) groups is 1. The van der Waals surface area contributed by atoms with Crippen molar-refractivity contribution in [3.05, 3.63) is 0 Å². The average Bonchev–Trinajstić information content (AvgIpc) is 3.24. The van der Waals surface area contributed by atoms with Gasteiger partial charge in [0.25, 0.3) is 0 Å². The summed E-state index contributed by atoms with van der Waals surface area (Å²) < 4.78 is 25.5. The van der Waals surface area contributed by atoms with Crippen LogP contribution in [-0.4, -0.2) is 82.8 Å². The molecule has 5 saturated carbocycles. The van der Waals surface area contributed by atoms with Crippen molar-refractivity contribution in [3.63, 3.8) is 0 Å². The Morgan fingerprint density at radius 1 is 0.438 bits per heavy atom. The molecule has 10 unspecified atom stereocenters. The van der Waals surface area contributed by atoms with E-state index in [4.69, 9.17) is 41.9 Å². The summed E-state index contributed by atoms with van der Waals surface area (Å²) in [6.07, 6.45) is 20.3. The second-order valence-corrected chi connectivity index (χ2v) is 16.3. The minimum absolute atomic E-state index is 0.227. The summed E-state index contributed by atoms with van der Waals surface area (Å²) in [6, 6.07) is 0. The van der Waals surface area contributed by atoms with Gasteiger partial charge in [-0.05, 0) is 171 Å². The van der Waals surface area contributed by atoms with Crippen molar-refractivity contribution in [3.8, 4) is 0 Å². The number of nitrogens with two attached hydrogens (primary N) is 4. The van der Waals surface area contributed by atoms with Crippen LogP contribution in [0.3, 0.4) is 0 Å². The lowest BCUT2D eigenvalue weighted by atomic mass is 9.60. The van der Waals surface area contributed by atoms with Crippen molar-refractivity contribution >= 4 is 5.78 Å². The van der Waals surface area contributed by atoms with Crippen LogP contribution >= 0.6 is 0 Å². The van der Waals surface area contributed by atoms with Crippen molar-refractivity contribution in [2.45, 2.75) is 140 Å². The fourth-order valence-electron chi connectivity index (χ4n) is 10.8. The Bertz CT molecular complexity index is 887. The molecule has 5 aliphatic rings. The highest BCUT2D eigenvalue weighted by Crippen LogP contribution is 2.53.